The molecule has 0 aliphatic carbocycles. The summed E-state index contributed by atoms with van der Waals surface area (Å²) in [6, 6.07) is 13.8. The van der Waals surface area contributed by atoms with Gasteiger partial charge in [0.25, 0.3) is 5.91 Å². The fourth-order valence-electron chi connectivity index (χ4n) is 3.44. The number of hydrogen-bond acceptors (Lipinski definition) is 4. The first-order valence-corrected chi connectivity index (χ1v) is 10.7. The SMILES string of the molecule is Cc1ccc2nccc(NC(=O)c3cccc(S(=O)(=O)N4CCCC4)c3)c2c1. The Bertz CT molecular complexity index is 1150. The van der Waals surface area contributed by atoms with Crippen LogP contribution in [0.3, 0.4) is 0 Å². The van der Waals surface area contributed by atoms with E-state index in [4.69, 9.17) is 0 Å². The van der Waals surface area contributed by atoms with Crippen LogP contribution in [0.4, 0.5) is 5.69 Å². The van der Waals surface area contributed by atoms with Crippen molar-refractivity contribution >= 4 is 32.5 Å². The van der Waals surface area contributed by atoms with E-state index < -0.39 is 10.0 Å². The van der Waals surface area contributed by atoms with Crippen LogP contribution >= 0.6 is 0 Å². The Morgan fingerprint density at radius 2 is 1.86 bits per heavy atom. The van der Waals surface area contributed by atoms with Gasteiger partial charge in [0.05, 0.1) is 16.1 Å². The highest BCUT2D eigenvalue weighted by Gasteiger charge is 2.27. The maximum absolute atomic E-state index is 12.8. The molecule has 7 heteroatoms. The second-order valence-corrected chi connectivity index (χ2v) is 8.91. The zero-order valence-corrected chi connectivity index (χ0v) is 16.4. The summed E-state index contributed by atoms with van der Waals surface area (Å²) in [4.78, 5) is 17.3. The maximum Gasteiger partial charge on any atom is 0.255 e. The van der Waals surface area contributed by atoms with Crippen LogP contribution in [0.2, 0.25) is 0 Å². The molecule has 1 aromatic heterocycles. The standard InChI is InChI=1S/C21H21N3O3S/c1-15-7-8-19-18(13-15)20(9-10-22-19)23-21(25)16-5-4-6-17(14-16)28(26,27)24-11-2-3-12-24/h4-10,13-14H,2-3,11-12H2,1H3,(H,22,23,25). The fourth-order valence-corrected chi connectivity index (χ4v) is 5.00. The smallest absolute Gasteiger partial charge is 0.255 e. The van der Waals surface area contributed by atoms with E-state index in [0.717, 1.165) is 29.3 Å². The molecule has 1 N–H and O–H groups in total. The van der Waals surface area contributed by atoms with Crippen molar-refractivity contribution in [3.8, 4) is 0 Å². The number of hydrogen-bond donors (Lipinski definition) is 1. The van der Waals surface area contributed by atoms with Gasteiger partial charge in [-0.2, -0.15) is 4.31 Å². The number of anilines is 1. The predicted molar refractivity (Wildman–Crippen MR) is 109 cm³/mol. The van der Waals surface area contributed by atoms with Gasteiger partial charge in [-0.25, -0.2) is 8.42 Å². The average Bonchev–Trinajstić information content (AvgIpc) is 3.24. The fraction of sp³-hybridized carbons (Fsp3) is 0.238. The molecule has 0 spiro atoms. The van der Waals surface area contributed by atoms with Crippen LogP contribution in [0, 0.1) is 6.92 Å². The Labute approximate surface area is 164 Å². The van der Waals surface area contributed by atoms with Crippen LogP contribution in [0.15, 0.2) is 59.6 Å². The lowest BCUT2D eigenvalue weighted by Gasteiger charge is -2.16. The summed E-state index contributed by atoms with van der Waals surface area (Å²) in [6.45, 7) is 3.03. The van der Waals surface area contributed by atoms with E-state index in [9.17, 15) is 13.2 Å². The number of aromatic nitrogens is 1. The Hall–Kier alpha value is -2.77. The molecular weight excluding hydrogens is 374 g/mol. The molecule has 3 aromatic rings. The van der Waals surface area contributed by atoms with Crippen molar-refractivity contribution in [1.82, 2.24) is 9.29 Å². The van der Waals surface area contributed by atoms with E-state index in [-0.39, 0.29) is 10.8 Å². The van der Waals surface area contributed by atoms with Gasteiger partial charge in [0.15, 0.2) is 0 Å². The lowest BCUT2D eigenvalue weighted by Crippen LogP contribution is -2.28. The van der Waals surface area contributed by atoms with Crippen molar-refractivity contribution in [3.05, 3.63) is 65.9 Å². The van der Waals surface area contributed by atoms with Crippen LogP contribution in [0.1, 0.15) is 28.8 Å². The molecule has 0 unspecified atom stereocenters. The highest BCUT2D eigenvalue weighted by atomic mass is 32.2. The van der Waals surface area contributed by atoms with Gasteiger partial charge in [-0.05, 0) is 56.2 Å². The summed E-state index contributed by atoms with van der Waals surface area (Å²) in [5.41, 5.74) is 2.80. The maximum atomic E-state index is 12.8. The third kappa shape index (κ3) is 3.50. The number of pyridine rings is 1. The highest BCUT2D eigenvalue weighted by Crippen LogP contribution is 2.25. The molecule has 4 rings (SSSR count). The molecule has 0 atom stereocenters. The zero-order valence-electron chi connectivity index (χ0n) is 15.6. The molecule has 1 aliphatic rings. The minimum Gasteiger partial charge on any atom is -0.321 e. The lowest BCUT2D eigenvalue weighted by molar-refractivity contribution is 0.102. The largest absolute Gasteiger partial charge is 0.321 e. The first kappa shape index (κ1) is 18.6. The molecule has 1 saturated heterocycles. The number of benzene rings is 2. The molecule has 2 aromatic carbocycles. The van der Waals surface area contributed by atoms with E-state index in [2.05, 4.69) is 10.3 Å². The number of aryl methyl sites for hydroxylation is 1. The second kappa shape index (κ2) is 7.33. The van der Waals surface area contributed by atoms with Crippen LogP contribution in [0.25, 0.3) is 10.9 Å². The Balaban J connectivity index is 1.64. The molecule has 0 bridgehead atoms. The van der Waals surface area contributed by atoms with Crippen LogP contribution in [-0.4, -0.2) is 36.7 Å². The van der Waals surface area contributed by atoms with Crippen molar-refractivity contribution in [2.24, 2.45) is 0 Å². The molecule has 1 aliphatic heterocycles. The van der Waals surface area contributed by atoms with E-state index in [1.165, 1.54) is 16.4 Å². The van der Waals surface area contributed by atoms with Gasteiger partial charge in [0, 0.05) is 30.2 Å². The molecule has 1 amide bonds. The summed E-state index contributed by atoms with van der Waals surface area (Å²) < 4.78 is 27.0. The summed E-state index contributed by atoms with van der Waals surface area (Å²) in [5, 5.41) is 3.73. The molecule has 0 saturated carbocycles. The van der Waals surface area contributed by atoms with Crippen LogP contribution in [-0.2, 0) is 10.0 Å². The van der Waals surface area contributed by atoms with Crippen molar-refractivity contribution in [2.45, 2.75) is 24.7 Å². The Morgan fingerprint density at radius 3 is 2.64 bits per heavy atom. The third-order valence-electron chi connectivity index (χ3n) is 4.94. The number of amides is 1. The van der Waals surface area contributed by atoms with Crippen molar-refractivity contribution in [1.29, 1.82) is 0 Å². The minimum absolute atomic E-state index is 0.150. The number of nitrogens with zero attached hydrogens (tertiary/aromatic N) is 2. The highest BCUT2D eigenvalue weighted by molar-refractivity contribution is 7.89. The number of sulfonamides is 1. The van der Waals surface area contributed by atoms with E-state index in [1.807, 2.05) is 25.1 Å². The molecule has 1 fully saturated rings. The number of rotatable bonds is 4. The zero-order chi connectivity index (χ0) is 19.7. The van der Waals surface area contributed by atoms with Crippen molar-refractivity contribution < 1.29 is 13.2 Å². The van der Waals surface area contributed by atoms with Gasteiger partial charge < -0.3 is 5.32 Å². The molecule has 6 nitrogen and oxygen atoms in total. The average molecular weight is 395 g/mol. The number of fused-ring (bicyclic) bond motifs is 1. The molecule has 28 heavy (non-hydrogen) atoms. The lowest BCUT2D eigenvalue weighted by atomic mass is 10.1. The Morgan fingerprint density at radius 1 is 1.07 bits per heavy atom. The van der Waals surface area contributed by atoms with Crippen LogP contribution < -0.4 is 5.32 Å². The monoisotopic (exact) mass is 395 g/mol. The topological polar surface area (TPSA) is 79.4 Å². The minimum atomic E-state index is -3.56. The second-order valence-electron chi connectivity index (χ2n) is 6.97. The van der Waals surface area contributed by atoms with Gasteiger partial charge in [-0.15, -0.1) is 0 Å². The molecule has 2 heterocycles. The first-order valence-electron chi connectivity index (χ1n) is 9.22. The summed E-state index contributed by atoms with van der Waals surface area (Å²) in [6.07, 6.45) is 3.38. The van der Waals surface area contributed by atoms with Gasteiger partial charge in [0.2, 0.25) is 10.0 Å². The summed E-state index contributed by atoms with van der Waals surface area (Å²) in [7, 11) is -3.56. The quantitative estimate of drug-likeness (QED) is 0.732. The van der Waals surface area contributed by atoms with Crippen molar-refractivity contribution in [3.63, 3.8) is 0 Å². The van der Waals surface area contributed by atoms with E-state index in [1.54, 1.807) is 24.4 Å². The van der Waals surface area contributed by atoms with Gasteiger partial charge in [-0.1, -0.05) is 17.7 Å². The first-order chi connectivity index (χ1) is 13.4. The van der Waals surface area contributed by atoms with Crippen molar-refractivity contribution in [2.75, 3.05) is 18.4 Å². The van der Waals surface area contributed by atoms with Gasteiger partial charge in [0.1, 0.15) is 0 Å². The molecule has 144 valence electrons. The number of carbonyl (C=O) groups is 1. The number of nitrogens with one attached hydrogen (secondary N) is 1. The van der Waals surface area contributed by atoms with Gasteiger partial charge >= 0.3 is 0 Å². The normalized spacial score (nSPS) is 15.0. The number of carbonyl (C=O) groups excluding carboxylic acids is 1. The van der Waals surface area contributed by atoms with Gasteiger partial charge in [-0.3, -0.25) is 9.78 Å². The predicted octanol–water partition coefficient (Wildman–Crippen LogP) is 3.58. The molecule has 0 radical (unpaired) electrons. The summed E-state index contributed by atoms with van der Waals surface area (Å²) in [5.74, 6) is -0.354. The Kier molecular flexibility index (Phi) is 4.87. The molecular formula is C21H21N3O3S. The van der Waals surface area contributed by atoms with Crippen LogP contribution in [0.5, 0.6) is 0 Å². The van der Waals surface area contributed by atoms with E-state index >= 15 is 0 Å². The third-order valence-corrected chi connectivity index (χ3v) is 6.84. The summed E-state index contributed by atoms with van der Waals surface area (Å²) >= 11 is 0. The van der Waals surface area contributed by atoms with E-state index in [0.29, 0.717) is 24.3 Å².